The summed E-state index contributed by atoms with van der Waals surface area (Å²) < 4.78 is 31.0. The van der Waals surface area contributed by atoms with Crippen LogP contribution >= 0.6 is 11.6 Å². The van der Waals surface area contributed by atoms with Crippen LogP contribution in [0.4, 0.5) is 5.69 Å². The third kappa shape index (κ3) is 4.93. The highest BCUT2D eigenvalue weighted by Crippen LogP contribution is 2.17. The van der Waals surface area contributed by atoms with E-state index in [9.17, 15) is 8.42 Å². The van der Waals surface area contributed by atoms with Crippen molar-refractivity contribution >= 4 is 27.3 Å². The first-order chi connectivity index (χ1) is 8.09. The summed E-state index contributed by atoms with van der Waals surface area (Å²) in [5, 5.41) is 0. The van der Waals surface area contributed by atoms with Gasteiger partial charge in [-0.25, -0.2) is 8.42 Å². The van der Waals surface area contributed by atoms with Crippen LogP contribution in [0.2, 0.25) is 0 Å². The second-order valence-electron chi connectivity index (χ2n) is 3.40. The number of hydrogen-bond acceptors (Lipinski definition) is 3. The molecule has 17 heavy (non-hydrogen) atoms. The number of anilines is 1. The van der Waals surface area contributed by atoms with Crippen molar-refractivity contribution in [1.29, 1.82) is 0 Å². The van der Waals surface area contributed by atoms with Crippen molar-refractivity contribution in [1.82, 2.24) is 0 Å². The fourth-order valence-electron chi connectivity index (χ4n) is 1.28. The maximum absolute atomic E-state index is 11.6. The Hall–Kier alpha value is -0.780. The van der Waals surface area contributed by atoms with Crippen molar-refractivity contribution in [3.8, 4) is 0 Å². The van der Waals surface area contributed by atoms with Gasteiger partial charge in [0.05, 0.1) is 18.0 Å². The van der Waals surface area contributed by atoms with Crippen LogP contribution in [0.25, 0.3) is 0 Å². The molecule has 0 heterocycles. The van der Waals surface area contributed by atoms with Gasteiger partial charge in [-0.3, -0.25) is 4.72 Å². The van der Waals surface area contributed by atoms with Crippen molar-refractivity contribution < 1.29 is 13.2 Å². The Morgan fingerprint density at radius 2 is 2.06 bits per heavy atom. The predicted molar refractivity (Wildman–Crippen MR) is 69.9 cm³/mol. The molecule has 1 N–H and O–H groups in total. The summed E-state index contributed by atoms with van der Waals surface area (Å²) in [4.78, 5) is 0. The minimum atomic E-state index is -3.37. The van der Waals surface area contributed by atoms with E-state index in [4.69, 9.17) is 16.3 Å². The highest BCUT2D eigenvalue weighted by molar-refractivity contribution is 7.92. The van der Waals surface area contributed by atoms with E-state index >= 15 is 0 Å². The summed E-state index contributed by atoms with van der Waals surface area (Å²) in [6.45, 7) is 2.86. The zero-order chi connectivity index (χ0) is 12.7. The number of benzene rings is 1. The quantitative estimate of drug-likeness (QED) is 0.778. The van der Waals surface area contributed by atoms with E-state index in [1.54, 1.807) is 12.1 Å². The van der Waals surface area contributed by atoms with Crippen LogP contribution in [0.3, 0.4) is 0 Å². The van der Waals surface area contributed by atoms with E-state index in [1.807, 2.05) is 19.1 Å². The standard InChI is InChI=1S/C11H16ClNO3S/c1-2-16-9-10-5-3-4-6-11(10)13-17(14,15)8-7-12/h3-6,13H,2,7-9H2,1H3. The molecular formula is C11H16ClNO3S. The molecule has 0 unspecified atom stereocenters. The molecule has 0 bridgehead atoms. The summed E-state index contributed by atoms with van der Waals surface area (Å²) in [6, 6.07) is 7.15. The van der Waals surface area contributed by atoms with Gasteiger partial charge in [-0.1, -0.05) is 18.2 Å². The second kappa shape index (κ2) is 6.83. The summed E-state index contributed by atoms with van der Waals surface area (Å²) >= 11 is 5.43. The smallest absolute Gasteiger partial charge is 0.233 e. The normalized spacial score (nSPS) is 11.4. The lowest BCUT2D eigenvalue weighted by Crippen LogP contribution is -2.18. The summed E-state index contributed by atoms with van der Waals surface area (Å²) in [5.41, 5.74) is 1.36. The van der Waals surface area contributed by atoms with Gasteiger partial charge in [0, 0.05) is 18.1 Å². The molecule has 1 rings (SSSR count). The van der Waals surface area contributed by atoms with Crippen LogP contribution in [0.15, 0.2) is 24.3 Å². The van der Waals surface area contributed by atoms with Crippen LogP contribution in [-0.4, -0.2) is 26.7 Å². The number of sulfonamides is 1. The molecule has 0 atom stereocenters. The predicted octanol–water partition coefficient (Wildman–Crippen LogP) is 2.20. The molecule has 1 aromatic carbocycles. The Bertz CT molecular complexity index is 448. The zero-order valence-electron chi connectivity index (χ0n) is 9.65. The molecule has 0 spiro atoms. The lowest BCUT2D eigenvalue weighted by molar-refractivity contribution is 0.134. The molecule has 6 heteroatoms. The van der Waals surface area contributed by atoms with Crippen molar-refractivity contribution in [3.05, 3.63) is 29.8 Å². The lowest BCUT2D eigenvalue weighted by atomic mass is 10.2. The summed E-state index contributed by atoms with van der Waals surface area (Å²) in [6.07, 6.45) is 0. The van der Waals surface area contributed by atoms with Gasteiger partial charge in [0.1, 0.15) is 0 Å². The maximum atomic E-state index is 11.6. The summed E-state index contributed by atoms with van der Waals surface area (Å²) in [5.74, 6) is -0.0273. The summed E-state index contributed by atoms with van der Waals surface area (Å²) in [7, 11) is -3.37. The first-order valence-electron chi connectivity index (χ1n) is 5.31. The average molecular weight is 278 g/mol. The lowest BCUT2D eigenvalue weighted by Gasteiger charge is -2.11. The van der Waals surface area contributed by atoms with E-state index in [0.29, 0.717) is 18.9 Å². The number of alkyl halides is 1. The van der Waals surface area contributed by atoms with Gasteiger partial charge in [0.2, 0.25) is 10.0 Å². The van der Waals surface area contributed by atoms with Gasteiger partial charge in [-0.05, 0) is 13.0 Å². The van der Waals surface area contributed by atoms with E-state index in [-0.39, 0.29) is 11.6 Å². The van der Waals surface area contributed by atoms with E-state index < -0.39 is 10.0 Å². The molecule has 0 fully saturated rings. The van der Waals surface area contributed by atoms with Gasteiger partial charge in [0.25, 0.3) is 0 Å². The van der Waals surface area contributed by atoms with Crippen molar-refractivity contribution in [2.75, 3.05) is 23.0 Å². The largest absolute Gasteiger partial charge is 0.377 e. The molecule has 1 aromatic rings. The first-order valence-corrected chi connectivity index (χ1v) is 7.50. The van der Waals surface area contributed by atoms with E-state index in [2.05, 4.69) is 4.72 Å². The molecule has 0 aliphatic carbocycles. The third-order valence-electron chi connectivity index (χ3n) is 2.09. The number of nitrogens with one attached hydrogen (secondary N) is 1. The number of hydrogen-bond donors (Lipinski definition) is 1. The SMILES string of the molecule is CCOCc1ccccc1NS(=O)(=O)CCCl. The highest BCUT2D eigenvalue weighted by atomic mass is 35.5. The fourth-order valence-corrected chi connectivity index (χ4v) is 2.73. The van der Waals surface area contributed by atoms with Crippen LogP contribution in [0.1, 0.15) is 12.5 Å². The van der Waals surface area contributed by atoms with Crippen molar-refractivity contribution in [3.63, 3.8) is 0 Å². The molecule has 0 aliphatic rings. The van der Waals surface area contributed by atoms with Gasteiger partial charge in [-0.15, -0.1) is 11.6 Å². The Kier molecular flexibility index (Phi) is 5.74. The Morgan fingerprint density at radius 3 is 2.71 bits per heavy atom. The molecular weight excluding hydrogens is 262 g/mol. The molecule has 0 aliphatic heterocycles. The van der Waals surface area contributed by atoms with Crippen molar-refractivity contribution in [2.45, 2.75) is 13.5 Å². The number of ether oxygens (including phenoxy) is 1. The third-order valence-corrected chi connectivity index (χ3v) is 3.78. The second-order valence-corrected chi connectivity index (χ2v) is 5.62. The van der Waals surface area contributed by atoms with Gasteiger partial charge >= 0.3 is 0 Å². The topological polar surface area (TPSA) is 55.4 Å². The van der Waals surface area contributed by atoms with Gasteiger partial charge < -0.3 is 4.74 Å². The maximum Gasteiger partial charge on any atom is 0.233 e. The number of para-hydroxylation sites is 1. The number of rotatable bonds is 7. The van der Waals surface area contributed by atoms with Crippen LogP contribution < -0.4 is 4.72 Å². The monoisotopic (exact) mass is 277 g/mol. The average Bonchev–Trinajstić information content (AvgIpc) is 2.27. The molecule has 0 saturated heterocycles. The highest BCUT2D eigenvalue weighted by Gasteiger charge is 2.11. The Balaban J connectivity index is 2.83. The Morgan fingerprint density at radius 1 is 1.35 bits per heavy atom. The first kappa shape index (κ1) is 14.3. The van der Waals surface area contributed by atoms with Crippen LogP contribution in [-0.2, 0) is 21.4 Å². The van der Waals surface area contributed by atoms with Crippen LogP contribution in [0.5, 0.6) is 0 Å². The minimum Gasteiger partial charge on any atom is -0.377 e. The zero-order valence-corrected chi connectivity index (χ0v) is 11.2. The minimum absolute atomic E-state index is 0.0724. The van der Waals surface area contributed by atoms with Gasteiger partial charge in [0.15, 0.2) is 0 Å². The molecule has 0 aromatic heterocycles. The van der Waals surface area contributed by atoms with E-state index in [1.165, 1.54) is 0 Å². The van der Waals surface area contributed by atoms with E-state index in [0.717, 1.165) is 5.56 Å². The molecule has 0 amide bonds. The van der Waals surface area contributed by atoms with Gasteiger partial charge in [-0.2, -0.15) is 0 Å². The molecule has 96 valence electrons. The molecule has 0 saturated carbocycles. The Labute approximate surface area is 107 Å². The van der Waals surface area contributed by atoms with Crippen molar-refractivity contribution in [2.24, 2.45) is 0 Å². The molecule has 4 nitrogen and oxygen atoms in total. The fraction of sp³-hybridized carbons (Fsp3) is 0.455. The number of halogens is 1. The molecule has 0 radical (unpaired) electrons. The van der Waals surface area contributed by atoms with Crippen LogP contribution in [0, 0.1) is 0 Å².